The average molecular weight is 404 g/mol. The van der Waals surface area contributed by atoms with E-state index >= 15 is 0 Å². The number of benzene rings is 2. The van der Waals surface area contributed by atoms with Gasteiger partial charge in [0.25, 0.3) is 5.69 Å². The number of carbonyl (C=O) groups excluding carboxylic acids is 3. The molecule has 4 atom stereocenters. The lowest BCUT2D eigenvalue weighted by Crippen LogP contribution is -2.46. The van der Waals surface area contributed by atoms with Crippen LogP contribution in [0.4, 0.5) is 11.4 Å². The van der Waals surface area contributed by atoms with Gasteiger partial charge in [0.2, 0.25) is 17.7 Å². The van der Waals surface area contributed by atoms with Crippen molar-refractivity contribution in [2.24, 2.45) is 17.6 Å². The zero-order valence-electron chi connectivity index (χ0n) is 15.5. The number of rotatable bonds is 3. The minimum atomic E-state index is -0.982. The van der Waals surface area contributed by atoms with Gasteiger partial charge in [-0.1, -0.05) is 30.3 Å². The fourth-order valence-electron chi connectivity index (χ4n) is 4.88. The lowest BCUT2D eigenvalue weighted by Gasteiger charge is -2.34. The lowest BCUT2D eigenvalue weighted by atomic mass is 9.84. The van der Waals surface area contributed by atoms with E-state index in [1.54, 1.807) is 11.1 Å². The van der Waals surface area contributed by atoms with Crippen molar-refractivity contribution in [3.05, 3.63) is 76.0 Å². The molecule has 150 valence electrons. The van der Waals surface area contributed by atoms with Gasteiger partial charge in [-0.3, -0.25) is 24.5 Å². The SMILES string of the molecule is NC(=O)[C@H]1[C@H]2C(=O)N(c3cccc([N+](=O)[O-])c3)C(=O)[C@@H]2[C@H]2c3ccccc3C=CN21. The second-order valence-electron chi connectivity index (χ2n) is 7.52. The molecule has 9 heteroatoms. The number of anilines is 1. The zero-order valence-corrected chi connectivity index (χ0v) is 15.5. The molecule has 2 aromatic rings. The van der Waals surface area contributed by atoms with Crippen LogP contribution in [0.2, 0.25) is 0 Å². The summed E-state index contributed by atoms with van der Waals surface area (Å²) in [4.78, 5) is 52.3. The molecule has 2 N–H and O–H groups in total. The monoisotopic (exact) mass is 404 g/mol. The second kappa shape index (κ2) is 6.24. The summed E-state index contributed by atoms with van der Waals surface area (Å²) in [5.74, 6) is -3.54. The van der Waals surface area contributed by atoms with E-state index in [1.165, 1.54) is 24.3 Å². The molecule has 5 rings (SSSR count). The third-order valence-corrected chi connectivity index (χ3v) is 6.05. The molecule has 0 aliphatic carbocycles. The fraction of sp³-hybridized carbons (Fsp3) is 0.190. The first-order valence-electron chi connectivity index (χ1n) is 9.36. The number of fused-ring (bicyclic) bond motifs is 5. The summed E-state index contributed by atoms with van der Waals surface area (Å²) in [6, 6.07) is 11.3. The Labute approximate surface area is 170 Å². The van der Waals surface area contributed by atoms with Crippen LogP contribution >= 0.6 is 0 Å². The molecule has 0 spiro atoms. The highest BCUT2D eigenvalue weighted by Crippen LogP contribution is 2.53. The van der Waals surface area contributed by atoms with Crippen LogP contribution in [0, 0.1) is 22.0 Å². The lowest BCUT2D eigenvalue weighted by molar-refractivity contribution is -0.384. The molecular formula is C21H16N4O5. The van der Waals surface area contributed by atoms with E-state index in [0.29, 0.717) is 0 Å². The second-order valence-corrected chi connectivity index (χ2v) is 7.52. The number of primary amides is 1. The Hall–Kier alpha value is -4.01. The van der Waals surface area contributed by atoms with Gasteiger partial charge in [0.15, 0.2) is 0 Å². The predicted molar refractivity (Wildman–Crippen MR) is 106 cm³/mol. The van der Waals surface area contributed by atoms with E-state index < -0.39 is 46.6 Å². The predicted octanol–water partition coefficient (Wildman–Crippen LogP) is 1.60. The summed E-state index contributed by atoms with van der Waals surface area (Å²) in [7, 11) is 0. The maximum atomic E-state index is 13.4. The minimum absolute atomic E-state index is 0.114. The van der Waals surface area contributed by atoms with Crippen LogP contribution < -0.4 is 10.6 Å². The number of hydrogen-bond donors (Lipinski definition) is 1. The zero-order chi connectivity index (χ0) is 21.2. The molecular weight excluding hydrogens is 388 g/mol. The minimum Gasteiger partial charge on any atom is -0.368 e. The number of amides is 3. The quantitative estimate of drug-likeness (QED) is 0.470. The first kappa shape index (κ1) is 18.0. The van der Waals surface area contributed by atoms with E-state index in [4.69, 9.17) is 5.73 Å². The summed E-state index contributed by atoms with van der Waals surface area (Å²) in [5, 5.41) is 11.1. The summed E-state index contributed by atoms with van der Waals surface area (Å²) < 4.78 is 0. The summed E-state index contributed by atoms with van der Waals surface area (Å²) in [6.07, 6.45) is 3.54. The normalized spacial score (nSPS) is 26.4. The molecule has 0 aromatic heterocycles. The standard InChI is InChI=1S/C21H16N4O5/c22-19(26)18-16-15(17-14-7-2-1-4-11(14)8-9-23(17)18)20(27)24(21(16)28)12-5-3-6-13(10-12)25(29)30/h1-10,15-18H,(H2,22,26)/t15-,16-,17+,18+/m0/s1. The molecule has 9 nitrogen and oxygen atoms in total. The van der Waals surface area contributed by atoms with E-state index in [-0.39, 0.29) is 11.4 Å². The van der Waals surface area contributed by atoms with Gasteiger partial charge in [-0.2, -0.15) is 0 Å². The van der Waals surface area contributed by atoms with Gasteiger partial charge in [-0.05, 0) is 23.3 Å². The summed E-state index contributed by atoms with van der Waals surface area (Å²) in [5.41, 5.74) is 7.27. The van der Waals surface area contributed by atoms with Gasteiger partial charge >= 0.3 is 0 Å². The molecule has 0 saturated carbocycles. The third-order valence-electron chi connectivity index (χ3n) is 6.05. The van der Waals surface area contributed by atoms with Crippen molar-refractivity contribution >= 4 is 35.2 Å². The number of nitro groups is 1. The Morgan fingerprint density at radius 1 is 1.03 bits per heavy atom. The Balaban J connectivity index is 1.64. The highest BCUT2D eigenvalue weighted by Gasteiger charge is 2.64. The molecule has 0 radical (unpaired) electrons. The van der Waals surface area contributed by atoms with Gasteiger partial charge < -0.3 is 10.6 Å². The van der Waals surface area contributed by atoms with Crippen molar-refractivity contribution in [2.75, 3.05) is 4.90 Å². The van der Waals surface area contributed by atoms with E-state index in [9.17, 15) is 24.5 Å². The highest BCUT2D eigenvalue weighted by molar-refractivity contribution is 6.24. The summed E-state index contributed by atoms with van der Waals surface area (Å²) in [6.45, 7) is 0. The Kier molecular flexibility index (Phi) is 3.76. The topological polar surface area (TPSA) is 127 Å². The first-order chi connectivity index (χ1) is 14.4. The van der Waals surface area contributed by atoms with E-state index in [1.807, 2.05) is 30.3 Å². The Bertz CT molecular complexity index is 1160. The van der Waals surface area contributed by atoms with Crippen molar-refractivity contribution in [1.82, 2.24) is 4.90 Å². The Morgan fingerprint density at radius 2 is 1.77 bits per heavy atom. The van der Waals surface area contributed by atoms with Crippen molar-refractivity contribution < 1.29 is 19.3 Å². The number of imide groups is 1. The van der Waals surface area contributed by atoms with Crippen LogP contribution in [0.5, 0.6) is 0 Å². The summed E-state index contributed by atoms with van der Waals surface area (Å²) >= 11 is 0. The van der Waals surface area contributed by atoms with Crippen molar-refractivity contribution in [1.29, 1.82) is 0 Å². The van der Waals surface area contributed by atoms with Crippen LogP contribution in [-0.4, -0.2) is 33.6 Å². The number of nitrogens with two attached hydrogens (primary N) is 1. The van der Waals surface area contributed by atoms with Crippen LogP contribution in [0.25, 0.3) is 6.08 Å². The van der Waals surface area contributed by atoms with Crippen LogP contribution in [0.1, 0.15) is 17.2 Å². The third kappa shape index (κ3) is 2.32. The fourth-order valence-corrected chi connectivity index (χ4v) is 4.88. The van der Waals surface area contributed by atoms with Crippen molar-refractivity contribution in [2.45, 2.75) is 12.1 Å². The largest absolute Gasteiger partial charge is 0.368 e. The van der Waals surface area contributed by atoms with Gasteiger partial charge in [-0.15, -0.1) is 0 Å². The molecule has 2 fully saturated rings. The molecule has 2 aromatic carbocycles. The smallest absolute Gasteiger partial charge is 0.271 e. The number of non-ortho nitro benzene ring substituents is 1. The molecule has 3 amide bonds. The molecule has 3 heterocycles. The Morgan fingerprint density at radius 3 is 2.50 bits per heavy atom. The molecule has 0 unspecified atom stereocenters. The van der Waals surface area contributed by atoms with E-state index in [0.717, 1.165) is 16.0 Å². The molecule has 3 aliphatic rings. The number of carbonyl (C=O) groups is 3. The van der Waals surface area contributed by atoms with Crippen LogP contribution in [0.15, 0.2) is 54.7 Å². The molecule has 3 aliphatic heterocycles. The number of nitrogens with zero attached hydrogens (tertiary/aromatic N) is 3. The van der Waals surface area contributed by atoms with Gasteiger partial charge in [-0.25, -0.2) is 4.90 Å². The van der Waals surface area contributed by atoms with Gasteiger partial charge in [0.1, 0.15) is 6.04 Å². The molecule has 0 bridgehead atoms. The first-order valence-corrected chi connectivity index (χ1v) is 9.36. The van der Waals surface area contributed by atoms with Crippen LogP contribution in [0.3, 0.4) is 0 Å². The van der Waals surface area contributed by atoms with E-state index in [2.05, 4.69) is 0 Å². The maximum absolute atomic E-state index is 13.4. The van der Waals surface area contributed by atoms with Crippen molar-refractivity contribution in [3.63, 3.8) is 0 Å². The van der Waals surface area contributed by atoms with Crippen molar-refractivity contribution in [3.8, 4) is 0 Å². The molecule has 30 heavy (non-hydrogen) atoms. The highest BCUT2D eigenvalue weighted by atomic mass is 16.6. The van der Waals surface area contributed by atoms with Gasteiger partial charge in [0.05, 0.1) is 28.5 Å². The van der Waals surface area contributed by atoms with Gasteiger partial charge in [0, 0.05) is 18.3 Å². The van der Waals surface area contributed by atoms with Crippen LogP contribution in [-0.2, 0) is 14.4 Å². The number of hydrogen-bond acceptors (Lipinski definition) is 6. The number of nitro benzene ring substituents is 1. The average Bonchev–Trinajstić information content (AvgIpc) is 3.21. The molecule has 2 saturated heterocycles. The maximum Gasteiger partial charge on any atom is 0.271 e.